The number of hydrogen-bond acceptors (Lipinski definition) is 4. The highest BCUT2D eigenvalue weighted by Crippen LogP contribution is 2.23. The molecular formula is C18H24N4O2. The number of imidazole rings is 1. The second-order valence-electron chi connectivity index (χ2n) is 6.38. The number of carboxylic acids is 1. The molecule has 0 spiro atoms. The van der Waals surface area contributed by atoms with Gasteiger partial charge in [-0.1, -0.05) is 6.42 Å². The van der Waals surface area contributed by atoms with Crippen molar-refractivity contribution >= 4 is 5.97 Å². The lowest BCUT2D eigenvalue weighted by Crippen LogP contribution is -2.40. The molecule has 1 unspecified atom stereocenters. The van der Waals surface area contributed by atoms with Gasteiger partial charge in [-0.05, 0) is 44.9 Å². The Kier molecular flexibility index (Phi) is 5.25. The highest BCUT2D eigenvalue weighted by Gasteiger charge is 2.24. The molecule has 1 atom stereocenters. The minimum absolute atomic E-state index is 0.312. The fourth-order valence-electron chi connectivity index (χ4n) is 3.47. The third kappa shape index (κ3) is 3.82. The molecule has 0 radical (unpaired) electrons. The van der Waals surface area contributed by atoms with Gasteiger partial charge in [0.2, 0.25) is 0 Å². The van der Waals surface area contributed by atoms with Crippen molar-refractivity contribution in [3.63, 3.8) is 0 Å². The molecule has 1 N–H and O–H groups in total. The number of rotatable bonds is 6. The molecular weight excluding hydrogens is 304 g/mol. The van der Waals surface area contributed by atoms with E-state index in [1.807, 2.05) is 19.3 Å². The number of carboxylic acid groups (broad SMARTS) is 1. The van der Waals surface area contributed by atoms with Gasteiger partial charge in [-0.2, -0.15) is 0 Å². The largest absolute Gasteiger partial charge is 0.478 e. The van der Waals surface area contributed by atoms with Crippen molar-refractivity contribution in [3.8, 4) is 0 Å². The number of piperidine rings is 1. The molecule has 2 aromatic heterocycles. The van der Waals surface area contributed by atoms with Gasteiger partial charge in [-0.25, -0.2) is 9.78 Å². The van der Waals surface area contributed by atoms with E-state index in [4.69, 9.17) is 0 Å². The lowest BCUT2D eigenvalue weighted by molar-refractivity contribution is 0.0690. The minimum atomic E-state index is -0.902. The second-order valence-corrected chi connectivity index (χ2v) is 6.38. The standard InChI is InChI=1S/C18H24N4O2/c1-14-19-9-12-21(14)11-7-15-5-2-3-10-22(15)13-17-16(18(23)24)6-4-8-20-17/h4,6,8-9,12,15H,2-3,5,7,10-11,13H2,1H3,(H,23,24). The fraction of sp³-hybridized carbons (Fsp3) is 0.500. The lowest BCUT2D eigenvalue weighted by atomic mass is 9.98. The quantitative estimate of drug-likeness (QED) is 0.883. The molecule has 0 bridgehead atoms. The molecule has 3 heterocycles. The van der Waals surface area contributed by atoms with Gasteiger partial charge < -0.3 is 9.67 Å². The monoisotopic (exact) mass is 328 g/mol. The van der Waals surface area contributed by atoms with Crippen LogP contribution >= 0.6 is 0 Å². The van der Waals surface area contributed by atoms with Crippen LogP contribution in [-0.2, 0) is 13.1 Å². The van der Waals surface area contributed by atoms with Gasteiger partial charge in [0, 0.05) is 37.7 Å². The first kappa shape index (κ1) is 16.6. The van der Waals surface area contributed by atoms with Crippen molar-refractivity contribution < 1.29 is 9.90 Å². The summed E-state index contributed by atoms with van der Waals surface area (Å²) in [5.74, 6) is 0.135. The Hall–Kier alpha value is -2.21. The van der Waals surface area contributed by atoms with Crippen molar-refractivity contribution in [2.75, 3.05) is 6.54 Å². The molecule has 128 valence electrons. The van der Waals surface area contributed by atoms with Crippen LogP contribution in [0.3, 0.4) is 0 Å². The summed E-state index contributed by atoms with van der Waals surface area (Å²) in [5, 5.41) is 9.35. The molecule has 1 fully saturated rings. The van der Waals surface area contributed by atoms with Crippen molar-refractivity contribution in [1.29, 1.82) is 0 Å². The summed E-state index contributed by atoms with van der Waals surface area (Å²) in [7, 11) is 0. The number of hydrogen-bond donors (Lipinski definition) is 1. The third-order valence-electron chi connectivity index (χ3n) is 4.85. The van der Waals surface area contributed by atoms with E-state index in [2.05, 4.69) is 19.4 Å². The first-order valence-corrected chi connectivity index (χ1v) is 8.54. The summed E-state index contributed by atoms with van der Waals surface area (Å²) < 4.78 is 2.18. The Bertz CT molecular complexity index is 698. The zero-order valence-electron chi connectivity index (χ0n) is 14.1. The summed E-state index contributed by atoms with van der Waals surface area (Å²) >= 11 is 0. The molecule has 2 aromatic rings. The predicted molar refractivity (Wildman–Crippen MR) is 90.8 cm³/mol. The number of aromatic carboxylic acids is 1. The highest BCUT2D eigenvalue weighted by molar-refractivity contribution is 5.88. The summed E-state index contributed by atoms with van der Waals surface area (Å²) in [6.07, 6.45) is 10.1. The Labute approximate surface area is 142 Å². The third-order valence-corrected chi connectivity index (χ3v) is 4.85. The van der Waals surface area contributed by atoms with Crippen molar-refractivity contribution in [3.05, 3.63) is 47.8 Å². The van der Waals surface area contributed by atoms with Gasteiger partial charge >= 0.3 is 5.97 Å². The van der Waals surface area contributed by atoms with Crippen molar-refractivity contribution in [2.45, 2.75) is 51.7 Å². The van der Waals surface area contributed by atoms with E-state index in [1.165, 1.54) is 6.42 Å². The molecule has 0 aliphatic carbocycles. The maximum absolute atomic E-state index is 11.4. The Morgan fingerprint density at radius 3 is 2.96 bits per heavy atom. The molecule has 1 aliphatic heterocycles. The van der Waals surface area contributed by atoms with Crippen LogP contribution in [0.5, 0.6) is 0 Å². The molecule has 1 aliphatic rings. The van der Waals surface area contributed by atoms with Crippen molar-refractivity contribution in [1.82, 2.24) is 19.4 Å². The smallest absolute Gasteiger partial charge is 0.337 e. The maximum atomic E-state index is 11.4. The van der Waals surface area contributed by atoms with E-state index in [0.29, 0.717) is 23.8 Å². The molecule has 24 heavy (non-hydrogen) atoms. The zero-order valence-corrected chi connectivity index (χ0v) is 14.1. The topological polar surface area (TPSA) is 71.2 Å². The van der Waals surface area contributed by atoms with E-state index >= 15 is 0 Å². The molecule has 0 saturated carbocycles. The SMILES string of the molecule is Cc1nccn1CCC1CCCCN1Cc1ncccc1C(=O)O. The average molecular weight is 328 g/mol. The van der Waals surface area contributed by atoms with Crippen LogP contribution in [0.25, 0.3) is 0 Å². The van der Waals surface area contributed by atoms with Crippen LogP contribution in [0.4, 0.5) is 0 Å². The summed E-state index contributed by atoms with van der Waals surface area (Å²) in [4.78, 5) is 22.4. The molecule has 0 amide bonds. The Morgan fingerprint density at radius 1 is 1.33 bits per heavy atom. The number of likely N-dealkylation sites (tertiary alicyclic amines) is 1. The first-order chi connectivity index (χ1) is 11.6. The van der Waals surface area contributed by atoms with Crippen molar-refractivity contribution in [2.24, 2.45) is 0 Å². The summed E-state index contributed by atoms with van der Waals surface area (Å²) in [6.45, 7) is 4.58. The predicted octanol–water partition coefficient (Wildman–Crippen LogP) is 2.73. The lowest BCUT2D eigenvalue weighted by Gasteiger charge is -2.36. The van der Waals surface area contributed by atoms with Crippen LogP contribution in [0.15, 0.2) is 30.7 Å². The normalized spacial score (nSPS) is 18.6. The first-order valence-electron chi connectivity index (χ1n) is 8.54. The number of pyridine rings is 1. The van der Waals surface area contributed by atoms with Gasteiger partial charge in [0.15, 0.2) is 0 Å². The van der Waals surface area contributed by atoms with Gasteiger partial charge in [0.1, 0.15) is 5.82 Å². The van der Waals surface area contributed by atoms with E-state index in [9.17, 15) is 9.90 Å². The Balaban J connectivity index is 1.68. The van der Waals surface area contributed by atoms with Crippen LogP contribution in [0.2, 0.25) is 0 Å². The van der Waals surface area contributed by atoms with E-state index in [1.54, 1.807) is 18.3 Å². The van der Waals surface area contributed by atoms with Gasteiger partial charge in [0.25, 0.3) is 0 Å². The van der Waals surface area contributed by atoms with Gasteiger partial charge in [-0.15, -0.1) is 0 Å². The van der Waals surface area contributed by atoms with Gasteiger partial charge in [-0.3, -0.25) is 9.88 Å². The van der Waals surface area contributed by atoms with E-state index in [-0.39, 0.29) is 0 Å². The second kappa shape index (κ2) is 7.57. The van der Waals surface area contributed by atoms with Crippen LogP contribution in [-0.4, -0.2) is 43.1 Å². The van der Waals surface area contributed by atoms with Crippen LogP contribution in [0.1, 0.15) is 47.6 Å². The van der Waals surface area contributed by atoms with Crippen LogP contribution < -0.4 is 0 Å². The van der Waals surface area contributed by atoms with E-state index in [0.717, 1.165) is 38.2 Å². The molecule has 3 rings (SSSR count). The fourth-order valence-corrected chi connectivity index (χ4v) is 3.47. The number of nitrogens with zero attached hydrogens (tertiary/aromatic N) is 4. The Morgan fingerprint density at radius 2 is 2.21 bits per heavy atom. The number of carbonyl (C=O) groups is 1. The summed E-state index contributed by atoms with van der Waals surface area (Å²) in [6, 6.07) is 3.78. The number of aryl methyl sites for hydroxylation is 2. The number of aromatic nitrogens is 3. The molecule has 6 nitrogen and oxygen atoms in total. The average Bonchev–Trinajstić information content (AvgIpc) is 2.99. The summed E-state index contributed by atoms with van der Waals surface area (Å²) in [5.41, 5.74) is 0.975. The van der Waals surface area contributed by atoms with Crippen LogP contribution in [0, 0.1) is 6.92 Å². The van der Waals surface area contributed by atoms with E-state index < -0.39 is 5.97 Å². The molecule has 1 saturated heterocycles. The zero-order chi connectivity index (χ0) is 16.9. The highest BCUT2D eigenvalue weighted by atomic mass is 16.4. The molecule has 0 aromatic carbocycles. The minimum Gasteiger partial charge on any atom is -0.478 e. The molecule has 6 heteroatoms. The maximum Gasteiger partial charge on any atom is 0.337 e. The van der Waals surface area contributed by atoms with Gasteiger partial charge in [0.05, 0.1) is 11.3 Å².